The minimum atomic E-state index is -0.236. The lowest BCUT2D eigenvalue weighted by Gasteiger charge is -2.43. The van der Waals surface area contributed by atoms with Gasteiger partial charge in [0, 0.05) is 18.0 Å². The van der Waals surface area contributed by atoms with Crippen molar-refractivity contribution in [3.63, 3.8) is 0 Å². The highest BCUT2D eigenvalue weighted by Gasteiger charge is 2.33. The summed E-state index contributed by atoms with van der Waals surface area (Å²) in [6, 6.07) is 6.96. The molecule has 1 fully saturated rings. The van der Waals surface area contributed by atoms with Gasteiger partial charge in [0.1, 0.15) is 0 Å². The third-order valence-corrected chi connectivity index (χ3v) is 5.33. The van der Waals surface area contributed by atoms with E-state index in [1.165, 1.54) is 42.4 Å². The van der Waals surface area contributed by atoms with Gasteiger partial charge in [0.05, 0.1) is 6.10 Å². The largest absolute Gasteiger partial charge is 0.391 e. The second kappa shape index (κ2) is 5.73. The fourth-order valence-electron chi connectivity index (χ4n) is 3.91. The van der Waals surface area contributed by atoms with Crippen LogP contribution in [-0.4, -0.2) is 34.7 Å². The highest BCUT2D eigenvalue weighted by Crippen LogP contribution is 2.33. The molecule has 1 N–H and O–H groups in total. The fourth-order valence-corrected chi connectivity index (χ4v) is 3.91. The smallest absolute Gasteiger partial charge is 0.0736 e. The summed E-state index contributed by atoms with van der Waals surface area (Å²) in [5, 5.41) is 10.6. The molecule has 3 rings (SSSR count). The highest BCUT2D eigenvalue weighted by molar-refractivity contribution is 5.36. The molecule has 116 valence electrons. The van der Waals surface area contributed by atoms with Gasteiger partial charge in [0.2, 0.25) is 0 Å². The van der Waals surface area contributed by atoms with Crippen LogP contribution in [0.1, 0.15) is 62.6 Å². The number of aryl methyl sites for hydroxylation is 2. The van der Waals surface area contributed by atoms with Gasteiger partial charge >= 0.3 is 0 Å². The van der Waals surface area contributed by atoms with E-state index in [1.807, 2.05) is 0 Å². The molecule has 0 radical (unpaired) electrons. The van der Waals surface area contributed by atoms with Crippen LogP contribution in [0, 0.1) is 0 Å². The third kappa shape index (κ3) is 3.17. The van der Waals surface area contributed by atoms with Crippen LogP contribution in [0.5, 0.6) is 0 Å². The van der Waals surface area contributed by atoms with E-state index in [-0.39, 0.29) is 11.6 Å². The molecule has 0 aromatic heterocycles. The molecule has 1 aliphatic heterocycles. The van der Waals surface area contributed by atoms with Crippen LogP contribution >= 0.6 is 0 Å². The van der Waals surface area contributed by atoms with E-state index < -0.39 is 0 Å². The SMILES string of the molecule is CC(C)(C)N1CCC(c2ccc3c(c2)CCCC3)C(O)C1. The number of nitrogens with zero attached hydrogens (tertiary/aromatic N) is 1. The summed E-state index contributed by atoms with van der Waals surface area (Å²) in [6.45, 7) is 8.59. The number of β-amino-alcohol motifs (C(OH)–C–C–N with tert-alkyl or cyclic N) is 1. The molecule has 1 saturated heterocycles. The van der Waals surface area contributed by atoms with Crippen molar-refractivity contribution in [1.82, 2.24) is 4.90 Å². The van der Waals surface area contributed by atoms with E-state index in [2.05, 4.69) is 43.9 Å². The topological polar surface area (TPSA) is 23.5 Å². The summed E-state index contributed by atoms with van der Waals surface area (Å²) in [5.41, 5.74) is 4.58. The second-order valence-corrected chi connectivity index (χ2v) is 7.81. The first-order chi connectivity index (χ1) is 9.95. The summed E-state index contributed by atoms with van der Waals surface area (Å²) < 4.78 is 0. The molecule has 2 aliphatic rings. The average molecular weight is 287 g/mol. The Hall–Kier alpha value is -0.860. The van der Waals surface area contributed by atoms with Crippen LogP contribution in [0.25, 0.3) is 0 Å². The Morgan fingerprint density at radius 3 is 2.48 bits per heavy atom. The van der Waals surface area contributed by atoms with E-state index in [4.69, 9.17) is 0 Å². The second-order valence-electron chi connectivity index (χ2n) is 7.81. The highest BCUT2D eigenvalue weighted by atomic mass is 16.3. The van der Waals surface area contributed by atoms with Crippen LogP contribution in [-0.2, 0) is 12.8 Å². The summed E-state index contributed by atoms with van der Waals surface area (Å²) in [6.07, 6.45) is 5.94. The Balaban J connectivity index is 1.76. The van der Waals surface area contributed by atoms with Crippen LogP contribution in [0.2, 0.25) is 0 Å². The molecule has 1 aromatic rings. The standard InChI is InChI=1S/C19H29NO/c1-19(2,3)20-11-10-17(18(21)13-20)16-9-8-14-6-4-5-7-15(14)12-16/h8-9,12,17-18,21H,4-7,10-11,13H2,1-3H3. The summed E-state index contributed by atoms with van der Waals surface area (Å²) in [5.74, 6) is 0.316. The number of piperidine rings is 1. The van der Waals surface area contributed by atoms with Gasteiger partial charge in [0.15, 0.2) is 0 Å². The molecule has 0 saturated carbocycles. The molecule has 2 unspecified atom stereocenters. The minimum Gasteiger partial charge on any atom is -0.391 e. The van der Waals surface area contributed by atoms with Crippen LogP contribution in [0.15, 0.2) is 18.2 Å². The number of rotatable bonds is 1. The summed E-state index contributed by atoms with van der Waals surface area (Å²) >= 11 is 0. The van der Waals surface area contributed by atoms with Crippen molar-refractivity contribution in [3.05, 3.63) is 34.9 Å². The van der Waals surface area contributed by atoms with Crippen molar-refractivity contribution >= 4 is 0 Å². The fraction of sp³-hybridized carbons (Fsp3) is 0.684. The lowest BCUT2D eigenvalue weighted by molar-refractivity contribution is 0.00791. The molecule has 21 heavy (non-hydrogen) atoms. The Bertz CT molecular complexity index is 503. The molecule has 1 aromatic carbocycles. The number of aliphatic hydroxyl groups is 1. The van der Waals surface area contributed by atoms with Crippen LogP contribution in [0.3, 0.4) is 0 Å². The van der Waals surface area contributed by atoms with E-state index in [0.717, 1.165) is 19.5 Å². The van der Waals surface area contributed by atoms with E-state index in [9.17, 15) is 5.11 Å². The van der Waals surface area contributed by atoms with Gasteiger partial charge in [-0.15, -0.1) is 0 Å². The van der Waals surface area contributed by atoms with Crippen LogP contribution < -0.4 is 0 Å². The maximum Gasteiger partial charge on any atom is 0.0736 e. The number of fused-ring (bicyclic) bond motifs is 1. The van der Waals surface area contributed by atoms with Crippen molar-refractivity contribution in [2.24, 2.45) is 0 Å². The Morgan fingerprint density at radius 1 is 1.10 bits per heavy atom. The maximum atomic E-state index is 10.6. The first-order valence-corrected chi connectivity index (χ1v) is 8.50. The van der Waals surface area contributed by atoms with Crippen molar-refractivity contribution in [3.8, 4) is 0 Å². The number of hydrogen-bond acceptors (Lipinski definition) is 2. The van der Waals surface area contributed by atoms with Gasteiger partial charge in [0.25, 0.3) is 0 Å². The molecule has 2 heteroatoms. The molecule has 0 spiro atoms. The molecule has 2 nitrogen and oxygen atoms in total. The van der Waals surface area contributed by atoms with Crippen molar-refractivity contribution < 1.29 is 5.11 Å². The molecule has 1 aliphatic carbocycles. The number of hydrogen-bond donors (Lipinski definition) is 1. The van der Waals surface area contributed by atoms with Gasteiger partial charge in [-0.3, -0.25) is 4.90 Å². The Labute approximate surface area is 129 Å². The quantitative estimate of drug-likeness (QED) is 0.854. The van der Waals surface area contributed by atoms with Crippen molar-refractivity contribution in [2.75, 3.05) is 13.1 Å². The summed E-state index contributed by atoms with van der Waals surface area (Å²) in [4.78, 5) is 2.41. The molecule has 1 heterocycles. The predicted octanol–water partition coefficient (Wildman–Crippen LogP) is 3.51. The number of aliphatic hydroxyl groups excluding tert-OH is 1. The number of benzene rings is 1. The minimum absolute atomic E-state index is 0.155. The Morgan fingerprint density at radius 2 is 1.81 bits per heavy atom. The molecule has 2 atom stereocenters. The summed E-state index contributed by atoms with van der Waals surface area (Å²) in [7, 11) is 0. The van der Waals surface area contributed by atoms with Crippen molar-refractivity contribution in [2.45, 2.75) is 70.4 Å². The first kappa shape index (κ1) is 15.1. The lowest BCUT2D eigenvalue weighted by Crippen LogP contribution is -2.51. The van der Waals surface area contributed by atoms with Gasteiger partial charge in [-0.1, -0.05) is 18.2 Å². The predicted molar refractivity (Wildman–Crippen MR) is 87.8 cm³/mol. The van der Waals surface area contributed by atoms with Crippen molar-refractivity contribution in [1.29, 1.82) is 0 Å². The van der Waals surface area contributed by atoms with E-state index >= 15 is 0 Å². The lowest BCUT2D eigenvalue weighted by atomic mass is 9.82. The monoisotopic (exact) mass is 287 g/mol. The van der Waals surface area contributed by atoms with Gasteiger partial charge in [-0.25, -0.2) is 0 Å². The van der Waals surface area contributed by atoms with Crippen LogP contribution in [0.4, 0.5) is 0 Å². The van der Waals surface area contributed by atoms with Gasteiger partial charge in [-0.05, 0) is 76.1 Å². The maximum absolute atomic E-state index is 10.6. The average Bonchev–Trinajstić information content (AvgIpc) is 2.45. The molecule has 0 bridgehead atoms. The normalized spacial score (nSPS) is 27.4. The first-order valence-electron chi connectivity index (χ1n) is 8.50. The van der Waals surface area contributed by atoms with Gasteiger partial charge in [-0.2, -0.15) is 0 Å². The zero-order valence-electron chi connectivity index (χ0n) is 13.7. The van der Waals surface area contributed by atoms with E-state index in [0.29, 0.717) is 5.92 Å². The zero-order valence-corrected chi connectivity index (χ0v) is 13.7. The molecular weight excluding hydrogens is 258 g/mol. The zero-order chi connectivity index (χ0) is 15.0. The van der Waals surface area contributed by atoms with E-state index in [1.54, 1.807) is 0 Å². The van der Waals surface area contributed by atoms with Gasteiger partial charge < -0.3 is 5.11 Å². The Kier molecular flexibility index (Phi) is 4.11. The molecular formula is C19H29NO. The number of likely N-dealkylation sites (tertiary alicyclic amines) is 1. The molecule has 0 amide bonds. The third-order valence-electron chi connectivity index (χ3n) is 5.33.